The van der Waals surface area contributed by atoms with Crippen molar-refractivity contribution in [3.05, 3.63) is 0 Å². The minimum Gasteiger partial charge on any atom is -0.378 e. The minimum atomic E-state index is -0.837. The lowest BCUT2D eigenvalue weighted by Crippen LogP contribution is -2.58. The Morgan fingerprint density at radius 3 is 1.44 bits per heavy atom. The van der Waals surface area contributed by atoms with Crippen molar-refractivity contribution in [3.63, 3.8) is 0 Å². The van der Waals surface area contributed by atoms with E-state index in [4.69, 9.17) is 0 Å². The molecule has 0 aromatic carbocycles. The second-order valence-electron chi connectivity index (χ2n) is 14.0. The summed E-state index contributed by atoms with van der Waals surface area (Å²) in [6.07, 6.45) is 15.7. The number of nitrogens with one attached hydrogen (secondary N) is 5. The van der Waals surface area contributed by atoms with E-state index in [9.17, 15) is 24.3 Å². The first-order valence-electron chi connectivity index (χ1n) is 19.5. The van der Waals surface area contributed by atoms with Gasteiger partial charge in [0.2, 0.25) is 17.7 Å². The molecule has 0 fully saturated rings. The number of aliphatic hydroxyl groups excluding tert-OH is 1. The third-order valence-corrected chi connectivity index (χ3v) is 9.16. The van der Waals surface area contributed by atoms with Gasteiger partial charge in [-0.15, -0.1) is 0 Å². The number of rotatable bonds is 32. The van der Waals surface area contributed by atoms with Gasteiger partial charge in [0.15, 0.2) is 0 Å². The lowest BCUT2D eigenvalue weighted by atomic mass is 9.99. The van der Waals surface area contributed by atoms with Gasteiger partial charge in [-0.2, -0.15) is 0 Å². The van der Waals surface area contributed by atoms with E-state index in [1.54, 1.807) is 6.92 Å². The van der Waals surface area contributed by atoms with E-state index in [1.165, 1.54) is 0 Å². The highest BCUT2D eigenvalue weighted by atomic mass is 16.3. The molecule has 282 valence electrons. The average Bonchev–Trinajstić information content (AvgIpc) is 3.04. The topological polar surface area (TPSA) is 149 Å². The number of unbranched alkanes of at least 4 members (excludes halogenated alkanes) is 9. The van der Waals surface area contributed by atoms with Crippen LogP contribution in [0, 0.1) is 5.92 Å². The standard InChI is InChI=1S/C38H75N5O5/c1-8-12-16-23-31(28-30(6)44)40-36(46)32(24-17-13-9-2)42-38(48)34(26-19-15-11-4)43-37(47)33(25-18-14-10-3)41-35(45)29(5)22-20-21-27-39-7/h29,31-35,39,41,45H,8-28H2,1-7H3,(H,40,46)(H,42,48)(H,43,47). The molecule has 0 aliphatic heterocycles. The van der Waals surface area contributed by atoms with Crippen molar-refractivity contribution in [1.82, 2.24) is 26.6 Å². The quantitative estimate of drug-likeness (QED) is 0.0375. The van der Waals surface area contributed by atoms with Crippen molar-refractivity contribution in [1.29, 1.82) is 0 Å². The normalized spacial score (nSPS) is 15.2. The second kappa shape index (κ2) is 29.8. The third-order valence-electron chi connectivity index (χ3n) is 9.16. The minimum absolute atomic E-state index is 0.0248. The molecule has 48 heavy (non-hydrogen) atoms. The van der Waals surface area contributed by atoms with Crippen molar-refractivity contribution in [3.8, 4) is 0 Å². The molecule has 0 saturated carbocycles. The summed E-state index contributed by atoms with van der Waals surface area (Å²) >= 11 is 0. The lowest BCUT2D eigenvalue weighted by molar-refractivity contribution is -0.133. The van der Waals surface area contributed by atoms with Gasteiger partial charge in [-0.25, -0.2) is 0 Å². The van der Waals surface area contributed by atoms with Crippen LogP contribution in [0.5, 0.6) is 0 Å². The fourth-order valence-electron chi connectivity index (χ4n) is 5.98. The molecule has 3 amide bonds. The molecule has 6 N–H and O–H groups in total. The SMILES string of the molecule is CCCCCC(CC(C)=O)NC(=O)C(CCCCC)NC(=O)C(CCCCC)NC(=O)C(CCCCC)NC(O)C(C)CCCCNC. The predicted molar refractivity (Wildman–Crippen MR) is 198 cm³/mol. The van der Waals surface area contributed by atoms with Crippen LogP contribution in [0.25, 0.3) is 0 Å². The van der Waals surface area contributed by atoms with Crippen LogP contribution >= 0.6 is 0 Å². The van der Waals surface area contributed by atoms with Crippen molar-refractivity contribution in [2.75, 3.05) is 13.6 Å². The largest absolute Gasteiger partial charge is 0.378 e. The van der Waals surface area contributed by atoms with Crippen molar-refractivity contribution in [2.45, 2.75) is 200 Å². The summed E-state index contributed by atoms with van der Waals surface area (Å²) in [5.41, 5.74) is 0. The number of Topliss-reactive ketones (excluding diaryl/α,β-unsaturated/α-hetero) is 1. The van der Waals surface area contributed by atoms with Crippen LogP contribution in [0.2, 0.25) is 0 Å². The van der Waals surface area contributed by atoms with Gasteiger partial charge < -0.3 is 26.4 Å². The summed E-state index contributed by atoms with van der Waals surface area (Å²) in [5.74, 6) is -0.933. The van der Waals surface area contributed by atoms with Crippen LogP contribution in [0.15, 0.2) is 0 Å². The lowest BCUT2D eigenvalue weighted by Gasteiger charge is -2.29. The summed E-state index contributed by atoms with van der Waals surface area (Å²) < 4.78 is 0. The Labute approximate surface area is 293 Å². The number of ketones is 1. The molecule has 0 bridgehead atoms. The third kappa shape index (κ3) is 22.6. The van der Waals surface area contributed by atoms with Gasteiger partial charge in [-0.3, -0.25) is 24.5 Å². The number of hydrogen-bond donors (Lipinski definition) is 6. The molecule has 6 atom stereocenters. The van der Waals surface area contributed by atoms with Gasteiger partial charge in [0.1, 0.15) is 24.1 Å². The number of carbonyl (C=O) groups is 4. The van der Waals surface area contributed by atoms with E-state index in [2.05, 4.69) is 54.3 Å². The Hall–Kier alpha value is -2.04. The summed E-state index contributed by atoms with van der Waals surface area (Å²) in [5, 5.41) is 26.4. The Morgan fingerprint density at radius 2 is 0.979 bits per heavy atom. The average molecular weight is 682 g/mol. The zero-order valence-electron chi connectivity index (χ0n) is 31.9. The summed E-state index contributed by atoms with van der Waals surface area (Å²) in [4.78, 5) is 53.2. The molecule has 0 heterocycles. The van der Waals surface area contributed by atoms with Gasteiger partial charge in [-0.1, -0.05) is 118 Å². The van der Waals surface area contributed by atoms with Crippen molar-refractivity contribution in [2.24, 2.45) is 5.92 Å². The maximum absolute atomic E-state index is 13.8. The second-order valence-corrected chi connectivity index (χ2v) is 14.0. The number of aliphatic hydroxyl groups is 1. The predicted octanol–water partition coefficient (Wildman–Crippen LogP) is 6.04. The number of amides is 3. The summed E-state index contributed by atoms with van der Waals surface area (Å²) in [7, 11) is 1.93. The molecule has 6 unspecified atom stereocenters. The summed E-state index contributed by atoms with van der Waals surface area (Å²) in [6, 6.07) is -2.44. The van der Waals surface area contributed by atoms with E-state index in [-0.39, 0.29) is 41.9 Å². The fourth-order valence-corrected chi connectivity index (χ4v) is 5.98. The van der Waals surface area contributed by atoms with Crippen LogP contribution in [-0.4, -0.2) is 72.6 Å². The molecule has 0 aliphatic carbocycles. The molecule has 0 aromatic rings. The van der Waals surface area contributed by atoms with Crippen LogP contribution in [-0.2, 0) is 19.2 Å². The Balaban J connectivity index is 5.88. The first-order chi connectivity index (χ1) is 23.0. The molecule has 0 aliphatic rings. The molecule has 0 aromatic heterocycles. The molecule has 0 spiro atoms. The fraction of sp³-hybridized carbons (Fsp3) is 0.895. The smallest absolute Gasteiger partial charge is 0.243 e. The molecule has 0 saturated heterocycles. The maximum Gasteiger partial charge on any atom is 0.243 e. The van der Waals surface area contributed by atoms with Crippen LogP contribution < -0.4 is 26.6 Å². The Bertz CT molecular complexity index is 857. The van der Waals surface area contributed by atoms with Crippen LogP contribution in [0.1, 0.15) is 170 Å². The van der Waals surface area contributed by atoms with Gasteiger partial charge in [-0.05, 0) is 65.0 Å². The maximum atomic E-state index is 13.8. The van der Waals surface area contributed by atoms with E-state index in [0.717, 1.165) is 109 Å². The summed E-state index contributed by atoms with van der Waals surface area (Å²) in [6.45, 7) is 12.9. The van der Waals surface area contributed by atoms with Crippen molar-refractivity contribution < 1.29 is 24.3 Å². The van der Waals surface area contributed by atoms with Crippen molar-refractivity contribution >= 4 is 23.5 Å². The highest BCUT2D eigenvalue weighted by molar-refractivity contribution is 5.93. The zero-order chi connectivity index (χ0) is 36.2. The Kier molecular flexibility index (Phi) is 28.6. The van der Waals surface area contributed by atoms with E-state index >= 15 is 0 Å². The van der Waals surface area contributed by atoms with Gasteiger partial charge in [0.05, 0.1) is 6.04 Å². The number of hydrogen-bond acceptors (Lipinski definition) is 7. The van der Waals surface area contributed by atoms with Gasteiger partial charge >= 0.3 is 0 Å². The monoisotopic (exact) mass is 682 g/mol. The number of carbonyl (C=O) groups excluding carboxylic acids is 4. The highest BCUT2D eigenvalue weighted by Crippen LogP contribution is 2.15. The molecule has 0 radical (unpaired) electrons. The van der Waals surface area contributed by atoms with Crippen LogP contribution in [0.4, 0.5) is 0 Å². The molecular weight excluding hydrogens is 606 g/mol. The van der Waals surface area contributed by atoms with Crippen LogP contribution in [0.3, 0.4) is 0 Å². The molecular formula is C38H75N5O5. The highest BCUT2D eigenvalue weighted by Gasteiger charge is 2.30. The van der Waals surface area contributed by atoms with E-state index < -0.39 is 24.4 Å². The Morgan fingerprint density at radius 1 is 0.562 bits per heavy atom. The molecule has 0 rings (SSSR count). The van der Waals surface area contributed by atoms with E-state index in [0.29, 0.717) is 19.3 Å². The molecule has 10 nitrogen and oxygen atoms in total. The first kappa shape index (κ1) is 46.0. The zero-order valence-corrected chi connectivity index (χ0v) is 31.9. The van der Waals surface area contributed by atoms with Gasteiger partial charge in [0, 0.05) is 12.5 Å². The molecule has 10 heteroatoms. The van der Waals surface area contributed by atoms with E-state index in [1.807, 2.05) is 14.0 Å². The first-order valence-corrected chi connectivity index (χ1v) is 19.5. The van der Waals surface area contributed by atoms with Gasteiger partial charge in [0.25, 0.3) is 0 Å².